The van der Waals surface area contributed by atoms with Crippen molar-refractivity contribution in [2.45, 2.75) is 27.7 Å². The van der Waals surface area contributed by atoms with Crippen molar-refractivity contribution in [2.24, 2.45) is 0 Å². The Hall–Kier alpha value is -2.34. The van der Waals surface area contributed by atoms with Crippen molar-refractivity contribution in [2.75, 3.05) is 11.9 Å². The molecule has 0 fully saturated rings. The third-order valence-electron chi connectivity index (χ3n) is 3.26. The number of thiophene rings is 1. The molecule has 0 aliphatic heterocycles. The molecule has 0 saturated heterocycles. The highest BCUT2D eigenvalue weighted by Gasteiger charge is 2.21. The van der Waals surface area contributed by atoms with Gasteiger partial charge in [-0.05, 0) is 51.5 Å². The van der Waals surface area contributed by atoms with Gasteiger partial charge in [-0.3, -0.25) is 4.79 Å². The number of nitrogens with one attached hydrogen (secondary N) is 1. The lowest BCUT2D eigenvalue weighted by molar-refractivity contribution is -0.111. The van der Waals surface area contributed by atoms with Crippen LogP contribution in [0.2, 0.25) is 0 Å². The molecule has 23 heavy (non-hydrogen) atoms. The number of ether oxygens (including phenoxy) is 1. The minimum atomic E-state index is -0.421. The first-order valence-corrected chi connectivity index (χ1v) is 8.06. The average molecular weight is 333 g/mol. The molecular weight excluding hydrogens is 314 g/mol. The van der Waals surface area contributed by atoms with Crippen LogP contribution in [0.4, 0.5) is 5.00 Å². The molecule has 0 unspecified atom stereocenters. The van der Waals surface area contributed by atoms with Gasteiger partial charge in [0.2, 0.25) is 5.91 Å². The fourth-order valence-electron chi connectivity index (χ4n) is 2.02. The summed E-state index contributed by atoms with van der Waals surface area (Å²) in [7, 11) is 0. The summed E-state index contributed by atoms with van der Waals surface area (Å²) in [6.45, 7) is 7.62. The van der Waals surface area contributed by atoms with E-state index in [2.05, 4.69) is 5.32 Å². The first-order valence-electron chi connectivity index (χ1n) is 7.25. The summed E-state index contributed by atoms with van der Waals surface area (Å²) in [6, 6.07) is 3.60. The Morgan fingerprint density at radius 2 is 2.04 bits per heavy atom. The molecule has 0 bridgehead atoms. The van der Waals surface area contributed by atoms with Crippen LogP contribution in [0.15, 0.2) is 22.6 Å². The second kappa shape index (κ2) is 7.28. The third kappa shape index (κ3) is 4.10. The minimum absolute atomic E-state index is 0.290. The summed E-state index contributed by atoms with van der Waals surface area (Å²) in [6.07, 6.45) is 2.96. The lowest BCUT2D eigenvalue weighted by Gasteiger charge is -2.05. The van der Waals surface area contributed by atoms with Gasteiger partial charge in [0, 0.05) is 11.0 Å². The highest BCUT2D eigenvalue weighted by Crippen LogP contribution is 2.33. The molecule has 2 heterocycles. The van der Waals surface area contributed by atoms with Crippen molar-refractivity contribution in [3.05, 3.63) is 45.7 Å². The molecule has 0 radical (unpaired) electrons. The van der Waals surface area contributed by atoms with Crippen molar-refractivity contribution in [1.82, 2.24) is 0 Å². The molecular formula is C17H19NO4S. The number of furan rings is 1. The maximum atomic E-state index is 12.1. The van der Waals surface area contributed by atoms with Gasteiger partial charge < -0.3 is 14.5 Å². The van der Waals surface area contributed by atoms with Gasteiger partial charge in [0.1, 0.15) is 16.5 Å². The molecule has 122 valence electrons. The number of rotatable bonds is 5. The van der Waals surface area contributed by atoms with Crippen LogP contribution in [0.1, 0.15) is 39.2 Å². The Balaban J connectivity index is 2.16. The smallest absolute Gasteiger partial charge is 0.341 e. The summed E-state index contributed by atoms with van der Waals surface area (Å²) in [4.78, 5) is 25.1. The number of carbonyl (C=O) groups excluding carboxylic acids is 2. The van der Waals surface area contributed by atoms with E-state index in [1.54, 1.807) is 19.1 Å². The molecule has 2 aromatic heterocycles. The van der Waals surface area contributed by atoms with Crippen molar-refractivity contribution in [3.63, 3.8) is 0 Å². The van der Waals surface area contributed by atoms with Gasteiger partial charge in [0.15, 0.2) is 0 Å². The van der Waals surface area contributed by atoms with Crippen LogP contribution in [0.5, 0.6) is 0 Å². The normalized spacial score (nSPS) is 11.0. The van der Waals surface area contributed by atoms with Gasteiger partial charge in [0.25, 0.3) is 0 Å². The van der Waals surface area contributed by atoms with Crippen LogP contribution in [-0.4, -0.2) is 18.5 Å². The number of amides is 1. The van der Waals surface area contributed by atoms with Gasteiger partial charge in [-0.1, -0.05) is 0 Å². The molecule has 0 aromatic carbocycles. The number of anilines is 1. The molecule has 2 rings (SSSR count). The van der Waals surface area contributed by atoms with E-state index >= 15 is 0 Å². The van der Waals surface area contributed by atoms with Crippen molar-refractivity contribution in [3.8, 4) is 0 Å². The van der Waals surface area contributed by atoms with Crippen molar-refractivity contribution >= 4 is 34.3 Å². The van der Waals surface area contributed by atoms with E-state index in [1.165, 1.54) is 17.4 Å². The van der Waals surface area contributed by atoms with E-state index in [1.807, 2.05) is 26.8 Å². The molecule has 1 N–H and O–H groups in total. The molecule has 0 aliphatic rings. The third-order valence-corrected chi connectivity index (χ3v) is 4.38. The largest absolute Gasteiger partial charge is 0.462 e. The Morgan fingerprint density at radius 3 is 2.65 bits per heavy atom. The molecule has 0 atom stereocenters. The van der Waals surface area contributed by atoms with E-state index in [-0.39, 0.29) is 12.5 Å². The number of hydrogen-bond donors (Lipinski definition) is 1. The summed E-state index contributed by atoms with van der Waals surface area (Å²) >= 11 is 1.36. The van der Waals surface area contributed by atoms with Crippen molar-refractivity contribution in [1.29, 1.82) is 0 Å². The van der Waals surface area contributed by atoms with E-state index in [9.17, 15) is 9.59 Å². The maximum Gasteiger partial charge on any atom is 0.341 e. The standard InChI is InChI=1S/C17H19NO4S/c1-5-21-17(20)15-11(3)12(4)23-16(15)18-14(19)9-8-13-7-6-10(2)22-13/h6-9H,5H2,1-4H3,(H,18,19)/b9-8+. The number of aryl methyl sites for hydroxylation is 2. The monoisotopic (exact) mass is 333 g/mol. The fraction of sp³-hybridized carbons (Fsp3) is 0.294. The lowest BCUT2D eigenvalue weighted by atomic mass is 10.1. The molecule has 0 saturated carbocycles. The zero-order valence-corrected chi connectivity index (χ0v) is 14.4. The van der Waals surface area contributed by atoms with Crippen LogP contribution in [0.3, 0.4) is 0 Å². The van der Waals surface area contributed by atoms with E-state index < -0.39 is 5.97 Å². The number of carbonyl (C=O) groups is 2. The molecule has 0 aliphatic carbocycles. The topological polar surface area (TPSA) is 68.5 Å². The molecule has 5 nitrogen and oxygen atoms in total. The first kappa shape index (κ1) is 17.0. The molecule has 1 amide bonds. The number of hydrogen-bond acceptors (Lipinski definition) is 5. The summed E-state index contributed by atoms with van der Waals surface area (Å²) in [5.74, 6) is 0.627. The lowest BCUT2D eigenvalue weighted by Crippen LogP contribution is -2.12. The zero-order chi connectivity index (χ0) is 17.0. The van der Waals surface area contributed by atoms with Gasteiger partial charge >= 0.3 is 5.97 Å². The van der Waals surface area contributed by atoms with E-state index in [4.69, 9.17) is 9.15 Å². The summed E-state index contributed by atoms with van der Waals surface area (Å²) < 4.78 is 10.4. The van der Waals surface area contributed by atoms with Gasteiger partial charge in [-0.25, -0.2) is 4.79 Å². The van der Waals surface area contributed by atoms with Crippen LogP contribution in [-0.2, 0) is 9.53 Å². The minimum Gasteiger partial charge on any atom is -0.462 e. The Morgan fingerprint density at radius 1 is 1.30 bits per heavy atom. The Labute approximate surface area is 139 Å². The Bertz CT molecular complexity index is 755. The van der Waals surface area contributed by atoms with Crippen LogP contribution < -0.4 is 5.32 Å². The fourth-order valence-corrected chi connectivity index (χ4v) is 3.07. The zero-order valence-electron chi connectivity index (χ0n) is 13.6. The Kier molecular flexibility index (Phi) is 5.39. The predicted octanol–water partition coefficient (Wildman–Crippen LogP) is 4.09. The quantitative estimate of drug-likeness (QED) is 0.661. The van der Waals surface area contributed by atoms with Crippen LogP contribution in [0, 0.1) is 20.8 Å². The molecule has 2 aromatic rings. The SMILES string of the molecule is CCOC(=O)c1c(NC(=O)/C=C/c2ccc(C)o2)sc(C)c1C. The second-order valence-corrected chi connectivity index (χ2v) is 6.20. The maximum absolute atomic E-state index is 12.1. The van der Waals surface area contributed by atoms with E-state index in [0.29, 0.717) is 16.3 Å². The molecule has 6 heteroatoms. The van der Waals surface area contributed by atoms with Crippen LogP contribution in [0.25, 0.3) is 6.08 Å². The predicted molar refractivity (Wildman–Crippen MR) is 90.9 cm³/mol. The summed E-state index contributed by atoms with van der Waals surface area (Å²) in [5.41, 5.74) is 1.25. The molecule has 0 spiro atoms. The average Bonchev–Trinajstić information content (AvgIpc) is 3.01. The highest BCUT2D eigenvalue weighted by atomic mass is 32.1. The van der Waals surface area contributed by atoms with Gasteiger partial charge in [-0.2, -0.15) is 0 Å². The van der Waals surface area contributed by atoms with Gasteiger partial charge in [-0.15, -0.1) is 11.3 Å². The second-order valence-electron chi connectivity index (χ2n) is 4.98. The van der Waals surface area contributed by atoms with Crippen LogP contribution >= 0.6 is 11.3 Å². The van der Waals surface area contributed by atoms with Crippen molar-refractivity contribution < 1.29 is 18.7 Å². The summed E-state index contributed by atoms with van der Waals surface area (Å²) in [5, 5.41) is 3.24. The highest BCUT2D eigenvalue weighted by molar-refractivity contribution is 7.16. The first-order chi connectivity index (χ1) is 10.9. The number of esters is 1. The van der Waals surface area contributed by atoms with E-state index in [0.717, 1.165) is 16.2 Å². The van der Waals surface area contributed by atoms with Gasteiger partial charge in [0.05, 0.1) is 12.2 Å².